The van der Waals surface area contributed by atoms with Crippen molar-refractivity contribution >= 4 is 34.7 Å². The summed E-state index contributed by atoms with van der Waals surface area (Å²) >= 11 is 0. The Morgan fingerprint density at radius 2 is 1.12 bits per heavy atom. The molecule has 3 aromatic rings. The highest BCUT2D eigenvalue weighted by atomic mass is 16.2. The Hall–Kier alpha value is -5.36. The van der Waals surface area contributed by atoms with Gasteiger partial charge in [0.05, 0.1) is 0 Å². The number of hydrogen-bond acceptors (Lipinski definition) is 6. The second kappa shape index (κ2) is 21.1. The first-order chi connectivity index (χ1) is 25.6. The minimum atomic E-state index is -0.225. The quantitative estimate of drug-likeness (QED) is 0.212. The van der Waals surface area contributed by atoms with Crippen LogP contribution in [0, 0.1) is 17.8 Å². The highest BCUT2D eigenvalue weighted by Gasteiger charge is 2.37. The molecule has 56 heavy (non-hydrogen) atoms. The van der Waals surface area contributed by atoms with Crippen molar-refractivity contribution in [2.24, 2.45) is 17.8 Å². The van der Waals surface area contributed by atoms with Crippen molar-refractivity contribution in [2.75, 3.05) is 0 Å². The van der Waals surface area contributed by atoms with Gasteiger partial charge in [0.25, 0.3) is 0 Å². The second-order valence-corrected chi connectivity index (χ2v) is 15.1. The van der Waals surface area contributed by atoms with Gasteiger partial charge in [0.2, 0.25) is 0 Å². The van der Waals surface area contributed by atoms with Gasteiger partial charge in [0.15, 0.2) is 34.7 Å². The normalized spacial score (nSPS) is 17.2. The predicted molar refractivity (Wildman–Crippen MR) is 229 cm³/mol. The summed E-state index contributed by atoms with van der Waals surface area (Å²) in [6, 6.07) is 21.2. The molecule has 6 heteroatoms. The fourth-order valence-corrected chi connectivity index (χ4v) is 6.85. The monoisotopic (exact) mass is 756 g/mol. The van der Waals surface area contributed by atoms with Gasteiger partial charge >= 0.3 is 0 Å². The maximum atomic E-state index is 12.7. The van der Waals surface area contributed by atoms with Crippen LogP contribution in [0.4, 0.5) is 0 Å². The molecule has 0 saturated heterocycles. The molecule has 6 nitrogen and oxygen atoms in total. The van der Waals surface area contributed by atoms with E-state index in [1.165, 1.54) is 24.5 Å². The lowest BCUT2D eigenvalue weighted by Crippen LogP contribution is -2.34. The van der Waals surface area contributed by atoms with Crippen LogP contribution in [0.5, 0.6) is 0 Å². The van der Waals surface area contributed by atoms with E-state index in [1.54, 1.807) is 74.5 Å². The van der Waals surface area contributed by atoms with E-state index in [9.17, 15) is 28.8 Å². The summed E-state index contributed by atoms with van der Waals surface area (Å²) in [4.78, 5) is 72.7. The molecule has 2 unspecified atom stereocenters. The summed E-state index contributed by atoms with van der Waals surface area (Å²) in [5, 5.41) is 0. The molecule has 0 radical (unpaired) electrons. The van der Waals surface area contributed by atoms with Gasteiger partial charge in [-0.15, -0.1) is 0 Å². The molecule has 0 heterocycles. The molecule has 0 amide bonds. The van der Waals surface area contributed by atoms with Crippen LogP contribution in [0.1, 0.15) is 164 Å². The first kappa shape index (κ1) is 46.8. The zero-order chi connectivity index (χ0) is 39.7. The SMILES string of the molecule is C.C.CC(=CCC1C(=O)c2ccccc2C(=O)C1C)CCCC(C)C.CC(C)=CCC1=C(C)C(=O)c2ccccc2C1=O.CC1=CC(=O)c2ccccc2C1=O. The van der Waals surface area contributed by atoms with E-state index >= 15 is 0 Å². The molecule has 3 aliphatic carbocycles. The Balaban J connectivity index is 0.000000295. The molecule has 6 rings (SSSR count). The van der Waals surface area contributed by atoms with Crippen LogP contribution in [0.25, 0.3) is 0 Å². The molecule has 2 atom stereocenters. The molecule has 0 fully saturated rings. The fraction of sp³-hybridized carbons (Fsp3) is 0.360. The minimum Gasteiger partial charge on any atom is -0.294 e. The van der Waals surface area contributed by atoms with E-state index < -0.39 is 0 Å². The van der Waals surface area contributed by atoms with Crippen LogP contribution >= 0.6 is 0 Å². The van der Waals surface area contributed by atoms with Gasteiger partial charge in [0.1, 0.15) is 0 Å². The Morgan fingerprint density at radius 1 is 0.643 bits per heavy atom. The molecular weight excluding hydrogens is 697 g/mol. The van der Waals surface area contributed by atoms with E-state index in [1.807, 2.05) is 39.0 Å². The van der Waals surface area contributed by atoms with Crippen molar-refractivity contribution in [3.05, 3.63) is 152 Å². The molecular formula is C50H60O6. The van der Waals surface area contributed by atoms with Crippen molar-refractivity contribution in [1.82, 2.24) is 0 Å². The maximum Gasteiger partial charge on any atom is 0.190 e. The molecule has 0 N–H and O–H groups in total. The van der Waals surface area contributed by atoms with Crippen molar-refractivity contribution in [3.63, 3.8) is 0 Å². The van der Waals surface area contributed by atoms with E-state index in [2.05, 4.69) is 26.8 Å². The summed E-state index contributed by atoms with van der Waals surface area (Å²) in [5.74, 6) is 0.367. The Bertz CT molecular complexity index is 2100. The number of allylic oxidation sites excluding steroid dienone is 8. The Morgan fingerprint density at radius 3 is 1.66 bits per heavy atom. The van der Waals surface area contributed by atoms with Gasteiger partial charge in [-0.05, 0) is 72.3 Å². The minimum absolute atomic E-state index is 0. The van der Waals surface area contributed by atoms with Crippen molar-refractivity contribution in [1.29, 1.82) is 0 Å². The predicted octanol–water partition coefficient (Wildman–Crippen LogP) is 12.5. The number of benzene rings is 3. The highest BCUT2D eigenvalue weighted by molar-refractivity contribution is 6.27. The van der Waals surface area contributed by atoms with E-state index in [0.717, 1.165) is 17.9 Å². The second-order valence-electron chi connectivity index (χ2n) is 15.1. The number of hydrogen-bond donors (Lipinski definition) is 0. The highest BCUT2D eigenvalue weighted by Crippen LogP contribution is 2.33. The number of ketones is 6. The number of carbonyl (C=O) groups excluding carboxylic acids is 6. The van der Waals surface area contributed by atoms with E-state index in [0.29, 0.717) is 62.9 Å². The van der Waals surface area contributed by atoms with E-state index in [-0.39, 0.29) is 61.4 Å². The van der Waals surface area contributed by atoms with Gasteiger partial charge < -0.3 is 0 Å². The van der Waals surface area contributed by atoms with Crippen LogP contribution in [0.3, 0.4) is 0 Å². The third kappa shape index (κ3) is 11.1. The molecule has 3 aromatic carbocycles. The van der Waals surface area contributed by atoms with Gasteiger partial charge in [-0.2, -0.15) is 0 Å². The topological polar surface area (TPSA) is 102 Å². The summed E-state index contributed by atoms with van der Waals surface area (Å²) in [7, 11) is 0. The Labute approximate surface area is 334 Å². The zero-order valence-electron chi connectivity index (χ0n) is 32.9. The summed E-state index contributed by atoms with van der Waals surface area (Å²) in [5.41, 5.74) is 7.49. The molecule has 0 spiro atoms. The van der Waals surface area contributed by atoms with Crippen molar-refractivity contribution in [3.8, 4) is 0 Å². The lowest BCUT2D eigenvalue weighted by Gasteiger charge is -2.27. The lowest BCUT2D eigenvalue weighted by atomic mass is 9.73. The third-order valence-corrected chi connectivity index (χ3v) is 10.2. The number of Topliss-reactive ketones (excluding diaryl/α,β-unsaturated/α-hetero) is 5. The van der Waals surface area contributed by atoms with E-state index in [4.69, 9.17) is 0 Å². The summed E-state index contributed by atoms with van der Waals surface area (Å²) in [6.07, 6.45) is 10.3. The van der Waals surface area contributed by atoms with Crippen LogP contribution in [0.2, 0.25) is 0 Å². The number of carbonyl (C=O) groups is 6. The number of fused-ring (bicyclic) bond motifs is 3. The van der Waals surface area contributed by atoms with Gasteiger partial charge in [-0.25, -0.2) is 0 Å². The first-order valence-electron chi connectivity index (χ1n) is 18.8. The van der Waals surface area contributed by atoms with Crippen LogP contribution in [-0.2, 0) is 0 Å². The molecule has 0 saturated carbocycles. The standard InChI is InChI=1S/C21H28O2.C16H16O2.C11H8O2.2CH4/c1-14(2)8-7-9-15(3)12-13-17-16(4)20(22)18-10-5-6-11-19(18)21(17)23;1-10(2)8-9-12-11(3)15(17)13-6-4-5-7-14(13)16(12)18;1-7-6-10(12)8-4-2-3-5-9(8)11(7)13;;/h5-6,10-12,14,16-17H,7-9,13H2,1-4H3;4-8H,9H2,1-3H3;2-6H,1H3;2*1H4. The van der Waals surface area contributed by atoms with Crippen molar-refractivity contribution < 1.29 is 28.8 Å². The fourth-order valence-electron chi connectivity index (χ4n) is 6.85. The third-order valence-electron chi connectivity index (χ3n) is 10.2. The smallest absolute Gasteiger partial charge is 0.190 e. The lowest BCUT2D eigenvalue weighted by molar-refractivity contribution is 0.0750. The first-order valence-corrected chi connectivity index (χ1v) is 18.8. The van der Waals surface area contributed by atoms with Gasteiger partial charge in [-0.1, -0.05) is 138 Å². The molecule has 0 bridgehead atoms. The van der Waals surface area contributed by atoms with Crippen molar-refractivity contribution in [2.45, 2.75) is 102 Å². The summed E-state index contributed by atoms with van der Waals surface area (Å²) in [6.45, 7) is 15.9. The average molecular weight is 757 g/mol. The van der Waals surface area contributed by atoms with Gasteiger partial charge in [-0.3, -0.25) is 28.8 Å². The van der Waals surface area contributed by atoms with Crippen LogP contribution < -0.4 is 0 Å². The maximum absolute atomic E-state index is 12.7. The van der Waals surface area contributed by atoms with Crippen LogP contribution in [-0.4, -0.2) is 34.7 Å². The summed E-state index contributed by atoms with van der Waals surface area (Å²) < 4.78 is 0. The number of rotatable bonds is 8. The molecule has 0 aromatic heterocycles. The molecule has 0 aliphatic heterocycles. The van der Waals surface area contributed by atoms with Crippen LogP contribution in [0.15, 0.2) is 119 Å². The largest absolute Gasteiger partial charge is 0.294 e. The molecule has 296 valence electrons. The zero-order valence-corrected chi connectivity index (χ0v) is 32.9. The van der Waals surface area contributed by atoms with Gasteiger partial charge in [0, 0.05) is 61.9 Å². The average Bonchev–Trinajstić information content (AvgIpc) is 3.15. The Kier molecular flexibility index (Phi) is 17.6. The molecule has 3 aliphatic rings.